The lowest BCUT2D eigenvalue weighted by Crippen LogP contribution is -2.42. The zero-order valence-electron chi connectivity index (χ0n) is 14.2. The highest BCUT2D eigenvalue weighted by Crippen LogP contribution is 2.26. The van der Waals surface area contributed by atoms with E-state index in [4.69, 9.17) is 16.3 Å². The Bertz CT molecular complexity index is 749. The Morgan fingerprint density at radius 2 is 2.25 bits per heavy atom. The number of nitrogens with zero attached hydrogens (tertiary/aromatic N) is 2. The van der Waals surface area contributed by atoms with E-state index in [0.717, 1.165) is 17.1 Å². The Kier molecular flexibility index (Phi) is 4.65. The van der Waals surface area contributed by atoms with Crippen LogP contribution >= 0.6 is 11.6 Å². The summed E-state index contributed by atoms with van der Waals surface area (Å²) in [5.74, 6) is 0.918. The van der Waals surface area contributed by atoms with Crippen LogP contribution in [-0.2, 0) is 22.7 Å². The minimum Gasteiger partial charge on any atom is -0.367 e. The van der Waals surface area contributed by atoms with Crippen LogP contribution in [0.15, 0.2) is 30.5 Å². The lowest BCUT2D eigenvalue weighted by Gasteiger charge is -2.27. The van der Waals surface area contributed by atoms with Crippen LogP contribution < -0.4 is 5.32 Å². The molecule has 1 aromatic carbocycles. The van der Waals surface area contributed by atoms with Gasteiger partial charge >= 0.3 is 0 Å². The number of fused-ring (bicyclic) bond motifs is 1. The summed E-state index contributed by atoms with van der Waals surface area (Å²) in [6, 6.07) is 7.73. The zero-order chi connectivity index (χ0) is 17.3. The van der Waals surface area contributed by atoms with Gasteiger partial charge in [0.1, 0.15) is 12.4 Å². The number of nitrogens with one attached hydrogen (secondary N) is 1. The van der Waals surface area contributed by atoms with Crippen molar-refractivity contribution in [2.45, 2.75) is 40.0 Å². The van der Waals surface area contributed by atoms with Gasteiger partial charge in [-0.25, -0.2) is 4.98 Å². The van der Waals surface area contributed by atoms with Gasteiger partial charge in [-0.2, -0.15) is 0 Å². The van der Waals surface area contributed by atoms with Gasteiger partial charge in [0.05, 0.1) is 24.5 Å². The van der Waals surface area contributed by atoms with Gasteiger partial charge in [0.15, 0.2) is 0 Å². The van der Waals surface area contributed by atoms with E-state index in [1.807, 2.05) is 51.2 Å². The minimum absolute atomic E-state index is 0.0255. The molecule has 2 heterocycles. The first-order valence-electron chi connectivity index (χ1n) is 8.05. The van der Waals surface area contributed by atoms with E-state index < -0.39 is 5.41 Å². The highest BCUT2D eigenvalue weighted by Gasteiger charge is 2.26. The van der Waals surface area contributed by atoms with Crippen LogP contribution in [0.2, 0.25) is 5.02 Å². The van der Waals surface area contributed by atoms with Gasteiger partial charge in [-0.1, -0.05) is 44.5 Å². The van der Waals surface area contributed by atoms with Crippen LogP contribution in [0, 0.1) is 5.41 Å². The molecule has 3 rings (SSSR count). The fourth-order valence-corrected chi connectivity index (χ4v) is 2.85. The highest BCUT2D eigenvalue weighted by atomic mass is 35.5. The summed E-state index contributed by atoms with van der Waals surface area (Å²) in [4.78, 5) is 16.5. The molecule has 2 aromatic rings. The topological polar surface area (TPSA) is 56.2 Å². The average molecular weight is 348 g/mol. The van der Waals surface area contributed by atoms with Crippen molar-refractivity contribution < 1.29 is 9.53 Å². The summed E-state index contributed by atoms with van der Waals surface area (Å²) >= 11 is 6.10. The summed E-state index contributed by atoms with van der Waals surface area (Å²) in [7, 11) is 0. The number of hydrogen-bond donors (Lipinski definition) is 1. The molecule has 5 nitrogen and oxygen atoms in total. The van der Waals surface area contributed by atoms with Gasteiger partial charge in [-0.3, -0.25) is 4.79 Å². The molecule has 24 heavy (non-hydrogen) atoms. The van der Waals surface area contributed by atoms with Gasteiger partial charge in [0.2, 0.25) is 5.91 Å². The summed E-state index contributed by atoms with van der Waals surface area (Å²) in [5.41, 5.74) is 1.64. The molecule has 1 aromatic heterocycles. The number of carbonyl (C=O) groups is 1. The predicted molar refractivity (Wildman–Crippen MR) is 93.7 cm³/mol. The standard InChI is InChI=1S/C18H22ClN3O2/c1-18(2,3)17(23)21-8-14-10-22-15(9-20-16(22)11-24-14)12-5-4-6-13(19)7-12/h4-7,9,14H,8,10-11H2,1-3H3,(H,21,23). The number of aromatic nitrogens is 2. The second-order valence-electron chi connectivity index (χ2n) is 7.07. The molecule has 1 aliphatic heterocycles. The SMILES string of the molecule is CC(C)(C)C(=O)NCC1Cn2c(-c3cccc(Cl)c3)cnc2CO1. The summed E-state index contributed by atoms with van der Waals surface area (Å²) in [6.45, 7) is 7.28. The van der Waals surface area contributed by atoms with E-state index in [9.17, 15) is 4.79 Å². The molecule has 1 atom stereocenters. The fraction of sp³-hybridized carbons (Fsp3) is 0.444. The van der Waals surface area contributed by atoms with Gasteiger partial charge in [-0.15, -0.1) is 0 Å². The maximum Gasteiger partial charge on any atom is 0.225 e. The molecule has 0 saturated carbocycles. The van der Waals surface area contributed by atoms with Crippen molar-refractivity contribution >= 4 is 17.5 Å². The van der Waals surface area contributed by atoms with Crippen molar-refractivity contribution in [1.29, 1.82) is 0 Å². The van der Waals surface area contributed by atoms with Crippen molar-refractivity contribution in [3.8, 4) is 11.3 Å². The number of rotatable bonds is 3. The summed E-state index contributed by atoms with van der Waals surface area (Å²) in [6.07, 6.45) is 1.77. The molecular formula is C18H22ClN3O2. The number of carbonyl (C=O) groups excluding carboxylic acids is 1. The molecule has 1 aliphatic rings. The van der Waals surface area contributed by atoms with Gasteiger partial charge in [0, 0.05) is 22.5 Å². The van der Waals surface area contributed by atoms with Crippen LogP contribution in [-0.4, -0.2) is 28.1 Å². The zero-order valence-corrected chi connectivity index (χ0v) is 14.9. The van der Waals surface area contributed by atoms with E-state index in [1.165, 1.54) is 0 Å². The molecular weight excluding hydrogens is 326 g/mol. The second-order valence-corrected chi connectivity index (χ2v) is 7.51. The number of amides is 1. The average Bonchev–Trinajstić information content (AvgIpc) is 2.94. The highest BCUT2D eigenvalue weighted by molar-refractivity contribution is 6.30. The molecule has 1 N–H and O–H groups in total. The molecule has 0 saturated heterocycles. The Morgan fingerprint density at radius 3 is 2.96 bits per heavy atom. The summed E-state index contributed by atoms with van der Waals surface area (Å²) < 4.78 is 7.96. The third-order valence-electron chi connectivity index (χ3n) is 4.06. The van der Waals surface area contributed by atoms with E-state index >= 15 is 0 Å². The number of imidazole rings is 1. The summed E-state index contributed by atoms with van der Waals surface area (Å²) in [5, 5.41) is 3.66. The van der Waals surface area contributed by atoms with Crippen molar-refractivity contribution in [1.82, 2.24) is 14.9 Å². The van der Waals surface area contributed by atoms with Gasteiger partial charge < -0.3 is 14.6 Å². The Hall–Kier alpha value is -1.85. The molecule has 1 unspecified atom stereocenters. The first kappa shape index (κ1) is 17.0. The van der Waals surface area contributed by atoms with Crippen molar-refractivity contribution in [3.63, 3.8) is 0 Å². The normalized spacial score (nSPS) is 17.4. The van der Waals surface area contributed by atoms with Crippen LogP contribution in [0.3, 0.4) is 0 Å². The quantitative estimate of drug-likeness (QED) is 0.927. The smallest absolute Gasteiger partial charge is 0.225 e. The van der Waals surface area contributed by atoms with Gasteiger partial charge in [-0.05, 0) is 12.1 Å². The minimum atomic E-state index is -0.402. The van der Waals surface area contributed by atoms with Crippen LogP contribution in [0.4, 0.5) is 0 Å². The molecule has 0 fully saturated rings. The lowest BCUT2D eigenvalue weighted by atomic mass is 9.96. The largest absolute Gasteiger partial charge is 0.367 e. The number of halogens is 1. The van der Waals surface area contributed by atoms with E-state index in [1.54, 1.807) is 0 Å². The number of hydrogen-bond acceptors (Lipinski definition) is 3. The Balaban J connectivity index is 1.74. The third-order valence-corrected chi connectivity index (χ3v) is 4.30. The fourth-order valence-electron chi connectivity index (χ4n) is 2.66. The van der Waals surface area contributed by atoms with Crippen molar-refractivity contribution in [2.75, 3.05) is 6.54 Å². The molecule has 128 valence electrons. The molecule has 0 bridgehead atoms. The maximum atomic E-state index is 12.0. The first-order chi connectivity index (χ1) is 11.3. The van der Waals surface area contributed by atoms with Crippen LogP contribution in [0.25, 0.3) is 11.3 Å². The lowest BCUT2D eigenvalue weighted by molar-refractivity contribution is -0.129. The third kappa shape index (κ3) is 3.62. The van der Waals surface area contributed by atoms with Crippen molar-refractivity contribution in [2.24, 2.45) is 5.41 Å². The van der Waals surface area contributed by atoms with Crippen molar-refractivity contribution in [3.05, 3.63) is 41.3 Å². The molecule has 0 aliphatic carbocycles. The number of ether oxygens (including phenoxy) is 1. The molecule has 0 spiro atoms. The van der Waals surface area contributed by atoms with E-state index in [2.05, 4.69) is 14.9 Å². The molecule has 6 heteroatoms. The predicted octanol–water partition coefficient (Wildman–Crippen LogP) is 3.26. The maximum absolute atomic E-state index is 12.0. The first-order valence-corrected chi connectivity index (χ1v) is 8.42. The Morgan fingerprint density at radius 1 is 1.46 bits per heavy atom. The monoisotopic (exact) mass is 347 g/mol. The van der Waals surface area contributed by atoms with Gasteiger partial charge in [0.25, 0.3) is 0 Å². The Labute approximate surface area is 147 Å². The number of benzene rings is 1. The van der Waals surface area contributed by atoms with E-state index in [0.29, 0.717) is 24.7 Å². The second kappa shape index (κ2) is 6.57. The van der Waals surface area contributed by atoms with E-state index in [-0.39, 0.29) is 12.0 Å². The van der Waals surface area contributed by atoms with Crippen LogP contribution in [0.1, 0.15) is 26.6 Å². The van der Waals surface area contributed by atoms with Crippen LogP contribution in [0.5, 0.6) is 0 Å². The molecule has 0 radical (unpaired) electrons. The molecule has 1 amide bonds.